The van der Waals surface area contributed by atoms with Gasteiger partial charge in [-0.05, 0) is 0 Å². The molecule has 2 heteroatoms. The SMILES string of the molecule is C=NC=C[CH]=[W]. The van der Waals surface area contributed by atoms with E-state index < -0.39 is 0 Å². The van der Waals surface area contributed by atoms with Crippen molar-refractivity contribution in [1.82, 2.24) is 0 Å². The average Bonchev–Trinajstić information content (AvgIpc) is 1.61. The van der Waals surface area contributed by atoms with Crippen LogP contribution in [0.2, 0.25) is 0 Å². The van der Waals surface area contributed by atoms with Crippen LogP contribution in [0.4, 0.5) is 0 Å². The second kappa shape index (κ2) is 4.97. The van der Waals surface area contributed by atoms with E-state index in [2.05, 4.69) is 11.7 Å². The molecule has 0 atom stereocenters. The molecular weight excluding hydrogens is 246 g/mol. The molecule has 0 radical (unpaired) electrons. The van der Waals surface area contributed by atoms with Gasteiger partial charge >= 0.3 is 47.7 Å². The molecular formula is C4H5NW. The van der Waals surface area contributed by atoms with Crippen molar-refractivity contribution in [3.05, 3.63) is 12.3 Å². The first-order chi connectivity index (χ1) is 2.91. The molecule has 0 heterocycles. The quantitative estimate of drug-likeness (QED) is 0.635. The molecule has 0 unspecified atom stereocenters. The van der Waals surface area contributed by atoms with Gasteiger partial charge in [0.15, 0.2) is 0 Å². The molecule has 1 nitrogen and oxygen atoms in total. The van der Waals surface area contributed by atoms with Gasteiger partial charge in [0.05, 0.1) is 0 Å². The number of nitrogens with zero attached hydrogens (tertiary/aromatic N) is 1. The van der Waals surface area contributed by atoms with Crippen LogP contribution in [0, 0.1) is 0 Å². The fourth-order valence-corrected chi connectivity index (χ4v) is 0.348. The van der Waals surface area contributed by atoms with Gasteiger partial charge in [-0.3, -0.25) is 0 Å². The molecule has 6 heavy (non-hydrogen) atoms. The Morgan fingerprint density at radius 1 is 1.67 bits per heavy atom. The molecule has 0 amide bonds. The number of rotatable bonds is 2. The van der Waals surface area contributed by atoms with Gasteiger partial charge in [0, 0.05) is 0 Å². The van der Waals surface area contributed by atoms with Gasteiger partial charge in [0.2, 0.25) is 0 Å². The van der Waals surface area contributed by atoms with Gasteiger partial charge in [-0.2, -0.15) is 0 Å². The van der Waals surface area contributed by atoms with Crippen molar-refractivity contribution in [2.45, 2.75) is 0 Å². The molecule has 0 fully saturated rings. The van der Waals surface area contributed by atoms with E-state index in [1.807, 2.05) is 10.5 Å². The molecule has 0 bridgehead atoms. The molecule has 0 aliphatic carbocycles. The Hall–Kier alpha value is -0.0317. The van der Waals surface area contributed by atoms with Gasteiger partial charge in [0.1, 0.15) is 0 Å². The summed E-state index contributed by atoms with van der Waals surface area (Å²) in [5.41, 5.74) is 0. The van der Waals surface area contributed by atoms with Crippen molar-refractivity contribution in [2.24, 2.45) is 4.99 Å². The second-order valence-corrected chi connectivity index (χ2v) is 1.64. The zero-order valence-electron chi connectivity index (χ0n) is 3.29. The van der Waals surface area contributed by atoms with E-state index in [1.165, 1.54) is 19.4 Å². The van der Waals surface area contributed by atoms with Gasteiger partial charge < -0.3 is 0 Å². The van der Waals surface area contributed by atoms with Crippen LogP contribution in [0.5, 0.6) is 0 Å². The molecule has 0 saturated heterocycles. The van der Waals surface area contributed by atoms with E-state index in [0.29, 0.717) is 0 Å². The van der Waals surface area contributed by atoms with Gasteiger partial charge in [-0.1, -0.05) is 0 Å². The maximum atomic E-state index is 3.48. The van der Waals surface area contributed by atoms with Crippen LogP contribution in [-0.2, 0) is 19.4 Å². The van der Waals surface area contributed by atoms with E-state index in [9.17, 15) is 0 Å². The monoisotopic (exact) mass is 251 g/mol. The molecule has 0 N–H and O–H groups in total. The Morgan fingerprint density at radius 2 is 2.33 bits per heavy atom. The van der Waals surface area contributed by atoms with Crippen molar-refractivity contribution < 1.29 is 19.4 Å². The summed E-state index contributed by atoms with van der Waals surface area (Å²) in [6, 6.07) is 0. The average molecular weight is 251 g/mol. The third kappa shape index (κ3) is 3.97. The molecule has 0 aromatic rings. The summed E-state index contributed by atoms with van der Waals surface area (Å²) >= 11 is 1.44. The predicted octanol–water partition coefficient (Wildman–Crippen LogP) is 0.550. The van der Waals surface area contributed by atoms with Crippen LogP contribution < -0.4 is 0 Å². The molecule has 0 aromatic heterocycles. The predicted molar refractivity (Wildman–Crippen MR) is 24.8 cm³/mol. The maximum absolute atomic E-state index is 3.48. The number of aliphatic imine (C=N–C) groups is 1. The first-order valence-electron chi connectivity index (χ1n) is 1.48. The summed E-state index contributed by atoms with van der Waals surface area (Å²) in [5, 5.41) is 0. The van der Waals surface area contributed by atoms with Gasteiger partial charge in [-0.15, -0.1) is 0 Å². The normalized spacial score (nSPS) is 8.67. The van der Waals surface area contributed by atoms with Gasteiger partial charge in [0.25, 0.3) is 0 Å². The fourth-order valence-electron chi connectivity index (χ4n) is 0.0960. The van der Waals surface area contributed by atoms with Crippen LogP contribution in [0.3, 0.4) is 0 Å². The van der Waals surface area contributed by atoms with Crippen molar-refractivity contribution in [2.75, 3.05) is 0 Å². The van der Waals surface area contributed by atoms with Crippen LogP contribution in [0.1, 0.15) is 0 Å². The molecule has 0 aliphatic heterocycles. The standard InChI is InChI=1S/C4H5N.W/c1-3-4-5-2;/h1,3-4H,2H2;. The van der Waals surface area contributed by atoms with E-state index in [4.69, 9.17) is 0 Å². The molecule has 0 aromatic carbocycles. The van der Waals surface area contributed by atoms with Gasteiger partial charge in [-0.25, -0.2) is 0 Å². The third-order valence-electron chi connectivity index (χ3n) is 0.270. The molecule has 0 rings (SSSR count). The minimum absolute atomic E-state index is 1.44. The van der Waals surface area contributed by atoms with Crippen LogP contribution in [-0.4, -0.2) is 11.1 Å². The summed E-state index contributed by atoms with van der Waals surface area (Å²) in [7, 11) is 0. The van der Waals surface area contributed by atoms with E-state index >= 15 is 0 Å². The number of hydrogen-bond donors (Lipinski definition) is 0. The summed E-state index contributed by atoms with van der Waals surface area (Å²) < 4.78 is 1.98. The Bertz CT molecular complexity index is 65.6. The van der Waals surface area contributed by atoms with Crippen molar-refractivity contribution in [3.63, 3.8) is 0 Å². The van der Waals surface area contributed by atoms with Crippen LogP contribution in [0.25, 0.3) is 0 Å². The van der Waals surface area contributed by atoms with Crippen molar-refractivity contribution >= 4 is 11.1 Å². The molecule has 0 spiro atoms. The number of hydrogen-bond acceptors (Lipinski definition) is 1. The molecule has 0 saturated carbocycles. The summed E-state index contributed by atoms with van der Waals surface area (Å²) in [5.74, 6) is 0. The zero-order valence-corrected chi connectivity index (χ0v) is 6.23. The Morgan fingerprint density at radius 3 is 2.50 bits per heavy atom. The Labute approximate surface area is 48.2 Å². The summed E-state index contributed by atoms with van der Waals surface area (Å²) in [6.07, 6.45) is 3.52. The second-order valence-electron chi connectivity index (χ2n) is 0.660. The number of allylic oxidation sites excluding steroid dienone is 1. The Kier molecular flexibility index (Phi) is 4.94. The minimum atomic E-state index is 1.44. The van der Waals surface area contributed by atoms with E-state index in [-0.39, 0.29) is 0 Å². The molecule has 32 valence electrons. The van der Waals surface area contributed by atoms with Crippen LogP contribution >= 0.6 is 0 Å². The third-order valence-corrected chi connectivity index (χ3v) is 0.835. The molecule has 0 aliphatic rings. The summed E-state index contributed by atoms with van der Waals surface area (Å²) in [4.78, 5) is 3.48. The fraction of sp³-hybridized carbons (Fsp3) is 0. The topological polar surface area (TPSA) is 12.4 Å². The van der Waals surface area contributed by atoms with Crippen LogP contribution in [0.15, 0.2) is 17.3 Å². The first-order valence-corrected chi connectivity index (χ1v) is 3.17. The van der Waals surface area contributed by atoms with E-state index in [0.717, 1.165) is 0 Å². The Balaban J connectivity index is 3.17. The first kappa shape index (κ1) is 5.97. The van der Waals surface area contributed by atoms with Crippen molar-refractivity contribution in [1.29, 1.82) is 0 Å². The van der Waals surface area contributed by atoms with Crippen molar-refractivity contribution in [3.8, 4) is 0 Å². The van der Waals surface area contributed by atoms with E-state index in [1.54, 1.807) is 6.20 Å². The zero-order chi connectivity index (χ0) is 4.83. The summed E-state index contributed by atoms with van der Waals surface area (Å²) in [6.45, 7) is 3.25.